The summed E-state index contributed by atoms with van der Waals surface area (Å²) in [6.45, 7) is 0. The van der Waals surface area contributed by atoms with E-state index in [1.807, 2.05) is 0 Å². The number of hydrogen-bond donors (Lipinski definition) is 1. The van der Waals surface area contributed by atoms with Gasteiger partial charge in [0.15, 0.2) is 0 Å². The summed E-state index contributed by atoms with van der Waals surface area (Å²) in [5.41, 5.74) is 0. The first-order valence-electron chi connectivity index (χ1n) is 3.01. The van der Waals surface area contributed by atoms with Gasteiger partial charge in [0, 0.05) is 11.8 Å². The molecular weight excluding hydrogens is 200 g/mol. The van der Waals surface area contributed by atoms with Crippen LogP contribution >= 0.6 is 15.9 Å². The molecule has 0 aromatic rings. The van der Waals surface area contributed by atoms with Gasteiger partial charge < -0.3 is 9.84 Å². The van der Waals surface area contributed by atoms with Crippen molar-refractivity contribution >= 4 is 21.9 Å². The number of rotatable bonds is 4. The maximum atomic E-state index is 10.5. The third kappa shape index (κ3) is 4.76. The first-order chi connectivity index (χ1) is 4.70. The fourth-order valence-electron chi connectivity index (χ4n) is 0.464. The lowest BCUT2D eigenvalue weighted by Gasteiger charge is -2.03. The first-order valence-corrected chi connectivity index (χ1v) is 4.13. The normalized spacial score (nSPS) is 12.7. The van der Waals surface area contributed by atoms with Crippen LogP contribution in [0.4, 0.5) is 0 Å². The number of alkyl halides is 1. The van der Waals surface area contributed by atoms with Crippen molar-refractivity contribution < 1.29 is 14.6 Å². The Balaban J connectivity index is 3.26. The second-order valence-corrected chi connectivity index (χ2v) is 2.57. The summed E-state index contributed by atoms with van der Waals surface area (Å²) in [7, 11) is 1.34. The van der Waals surface area contributed by atoms with Gasteiger partial charge >= 0.3 is 5.97 Å². The number of carbonyl (C=O) groups is 1. The Bertz CT molecular complexity index is 105. The predicted molar refractivity (Wildman–Crippen MR) is 41.1 cm³/mol. The molecule has 0 aromatic heterocycles. The van der Waals surface area contributed by atoms with Crippen molar-refractivity contribution in [3.63, 3.8) is 0 Å². The summed E-state index contributed by atoms with van der Waals surface area (Å²) in [4.78, 5) is 10.5. The lowest BCUT2D eigenvalue weighted by molar-refractivity contribution is -0.141. The van der Waals surface area contributed by atoms with Crippen LogP contribution in [0.2, 0.25) is 0 Å². The molecule has 0 aromatic carbocycles. The van der Waals surface area contributed by atoms with Crippen molar-refractivity contribution in [2.45, 2.75) is 18.9 Å². The summed E-state index contributed by atoms with van der Waals surface area (Å²) in [5, 5.41) is 9.45. The van der Waals surface area contributed by atoms with E-state index in [4.69, 9.17) is 5.11 Å². The van der Waals surface area contributed by atoms with Crippen molar-refractivity contribution in [3.05, 3.63) is 0 Å². The van der Waals surface area contributed by atoms with E-state index in [9.17, 15) is 4.79 Å². The lowest BCUT2D eigenvalue weighted by Crippen LogP contribution is -2.11. The molecule has 0 aliphatic carbocycles. The van der Waals surface area contributed by atoms with Gasteiger partial charge in [-0.15, -0.1) is 0 Å². The number of methoxy groups -OCH3 is 1. The molecule has 0 saturated carbocycles. The monoisotopic (exact) mass is 210 g/mol. The average molecular weight is 211 g/mol. The van der Waals surface area contributed by atoms with Crippen molar-refractivity contribution in [2.24, 2.45) is 0 Å². The fourth-order valence-corrected chi connectivity index (χ4v) is 0.787. The molecule has 0 saturated heterocycles. The van der Waals surface area contributed by atoms with Gasteiger partial charge in [-0.25, -0.2) is 0 Å². The highest BCUT2D eigenvalue weighted by Gasteiger charge is 2.05. The van der Waals surface area contributed by atoms with Crippen LogP contribution in [-0.4, -0.2) is 29.6 Å². The van der Waals surface area contributed by atoms with Crippen LogP contribution in [0.15, 0.2) is 0 Å². The number of halogens is 1. The molecule has 0 rings (SSSR count). The Morgan fingerprint density at radius 1 is 1.80 bits per heavy atom. The molecule has 0 fully saturated rings. The number of carbonyl (C=O) groups excluding carboxylic acids is 1. The van der Waals surface area contributed by atoms with Gasteiger partial charge in [0.05, 0.1) is 13.2 Å². The van der Waals surface area contributed by atoms with E-state index in [1.165, 1.54) is 7.11 Å². The Morgan fingerprint density at radius 3 is 2.80 bits per heavy atom. The molecule has 3 nitrogen and oxygen atoms in total. The molecule has 0 bridgehead atoms. The first kappa shape index (κ1) is 9.91. The molecule has 1 N–H and O–H groups in total. The molecule has 0 spiro atoms. The lowest BCUT2D eigenvalue weighted by atomic mass is 10.2. The SMILES string of the molecule is COC(=O)CC[C@H](O)CBr. The van der Waals surface area contributed by atoms with Crippen molar-refractivity contribution in [1.29, 1.82) is 0 Å². The Labute approximate surface area is 68.5 Å². The minimum atomic E-state index is -0.445. The van der Waals surface area contributed by atoms with Crippen molar-refractivity contribution in [3.8, 4) is 0 Å². The van der Waals surface area contributed by atoms with E-state index < -0.39 is 6.10 Å². The van der Waals surface area contributed by atoms with Gasteiger partial charge in [-0.05, 0) is 6.42 Å². The quantitative estimate of drug-likeness (QED) is 0.549. The molecule has 0 unspecified atom stereocenters. The highest BCUT2D eigenvalue weighted by Crippen LogP contribution is 2.00. The largest absolute Gasteiger partial charge is 0.469 e. The number of aliphatic hydroxyl groups excluding tert-OH is 1. The second-order valence-electron chi connectivity index (χ2n) is 1.92. The van der Waals surface area contributed by atoms with Gasteiger partial charge in [0.1, 0.15) is 0 Å². The molecular formula is C6H11BrO3. The van der Waals surface area contributed by atoms with Crippen molar-refractivity contribution in [2.75, 3.05) is 12.4 Å². The standard InChI is InChI=1S/C6H11BrO3/c1-10-6(9)3-2-5(8)4-7/h5,8H,2-4H2,1H3/t5-/m0/s1. The van der Waals surface area contributed by atoms with Gasteiger partial charge in [-0.2, -0.15) is 0 Å². The minimum Gasteiger partial charge on any atom is -0.469 e. The molecule has 10 heavy (non-hydrogen) atoms. The van der Waals surface area contributed by atoms with Crippen LogP contribution in [0.5, 0.6) is 0 Å². The highest BCUT2D eigenvalue weighted by atomic mass is 79.9. The number of hydrogen-bond acceptors (Lipinski definition) is 3. The molecule has 0 aliphatic heterocycles. The van der Waals surface area contributed by atoms with E-state index in [1.54, 1.807) is 0 Å². The number of esters is 1. The third-order valence-electron chi connectivity index (χ3n) is 1.09. The molecule has 0 heterocycles. The van der Waals surface area contributed by atoms with E-state index in [-0.39, 0.29) is 12.4 Å². The van der Waals surface area contributed by atoms with E-state index in [2.05, 4.69) is 20.7 Å². The average Bonchev–Trinajstić information content (AvgIpc) is 1.99. The minimum absolute atomic E-state index is 0.278. The smallest absolute Gasteiger partial charge is 0.305 e. The van der Waals surface area contributed by atoms with Crippen LogP contribution in [0.1, 0.15) is 12.8 Å². The molecule has 60 valence electrons. The molecule has 0 amide bonds. The Hall–Kier alpha value is -0.0900. The summed E-state index contributed by atoms with van der Waals surface area (Å²) >= 11 is 3.08. The topological polar surface area (TPSA) is 46.5 Å². The second kappa shape index (κ2) is 5.68. The Morgan fingerprint density at radius 2 is 2.40 bits per heavy atom. The highest BCUT2D eigenvalue weighted by molar-refractivity contribution is 9.09. The summed E-state index contributed by atoms with van der Waals surface area (Å²) < 4.78 is 4.38. The zero-order valence-electron chi connectivity index (χ0n) is 5.84. The van der Waals surface area contributed by atoms with Gasteiger partial charge in [-0.3, -0.25) is 4.79 Å². The Kier molecular flexibility index (Phi) is 5.63. The zero-order chi connectivity index (χ0) is 7.98. The summed E-state index contributed by atoms with van der Waals surface area (Å²) in [6.07, 6.45) is 0.292. The predicted octanol–water partition coefficient (Wildman–Crippen LogP) is 0.695. The van der Waals surface area contributed by atoms with E-state index >= 15 is 0 Å². The van der Waals surface area contributed by atoms with Gasteiger partial charge in [-0.1, -0.05) is 15.9 Å². The van der Waals surface area contributed by atoms with E-state index in [0.717, 1.165) is 0 Å². The summed E-state index contributed by atoms with van der Waals surface area (Å²) in [5.74, 6) is -0.278. The maximum Gasteiger partial charge on any atom is 0.305 e. The molecule has 0 radical (unpaired) electrons. The van der Waals surface area contributed by atoms with Gasteiger partial charge in [0.2, 0.25) is 0 Å². The zero-order valence-corrected chi connectivity index (χ0v) is 7.43. The summed E-state index contributed by atoms with van der Waals surface area (Å²) in [6, 6.07) is 0. The fraction of sp³-hybridized carbons (Fsp3) is 0.833. The molecule has 0 aliphatic rings. The van der Waals surface area contributed by atoms with Crippen LogP contribution in [0, 0.1) is 0 Å². The van der Waals surface area contributed by atoms with Gasteiger partial charge in [0.25, 0.3) is 0 Å². The molecule has 4 heteroatoms. The van der Waals surface area contributed by atoms with Crippen molar-refractivity contribution in [1.82, 2.24) is 0 Å². The van der Waals surface area contributed by atoms with Crippen LogP contribution in [-0.2, 0) is 9.53 Å². The number of aliphatic hydroxyl groups is 1. The van der Waals surface area contributed by atoms with E-state index in [0.29, 0.717) is 11.8 Å². The molecule has 1 atom stereocenters. The third-order valence-corrected chi connectivity index (χ3v) is 1.83. The van der Waals surface area contributed by atoms with Crippen LogP contribution in [0.3, 0.4) is 0 Å². The maximum absolute atomic E-state index is 10.5. The van der Waals surface area contributed by atoms with Crippen LogP contribution < -0.4 is 0 Å². The van der Waals surface area contributed by atoms with Crippen LogP contribution in [0.25, 0.3) is 0 Å². The number of ether oxygens (including phenoxy) is 1.